The molecule has 0 aliphatic heterocycles. The molecule has 1 aliphatic rings. The number of hydrogen-bond acceptors (Lipinski definition) is 2. The Bertz CT molecular complexity index is 618. The molecular formula is C16H19N3O. The van der Waals surface area contributed by atoms with E-state index >= 15 is 0 Å². The summed E-state index contributed by atoms with van der Waals surface area (Å²) in [5, 5.41) is 9.97. The van der Waals surface area contributed by atoms with Crippen LogP contribution in [-0.2, 0) is 17.6 Å². The highest BCUT2D eigenvalue weighted by Gasteiger charge is 2.31. The van der Waals surface area contributed by atoms with E-state index in [1.807, 2.05) is 25.3 Å². The van der Waals surface area contributed by atoms with Gasteiger partial charge in [0.25, 0.3) is 0 Å². The molecule has 1 heterocycles. The predicted molar refractivity (Wildman–Crippen MR) is 77.5 cm³/mol. The van der Waals surface area contributed by atoms with Crippen LogP contribution in [0, 0.1) is 6.92 Å². The van der Waals surface area contributed by atoms with E-state index in [1.165, 1.54) is 16.7 Å². The quantitative estimate of drug-likeness (QED) is 0.817. The minimum atomic E-state index is 0.0573. The normalized spacial score (nSPS) is 16.4. The molecule has 20 heavy (non-hydrogen) atoms. The van der Waals surface area contributed by atoms with Crippen molar-refractivity contribution in [1.82, 2.24) is 15.5 Å². The number of carbonyl (C=O) groups excluding carboxylic acids is 1. The van der Waals surface area contributed by atoms with Crippen LogP contribution in [0.2, 0.25) is 0 Å². The van der Waals surface area contributed by atoms with E-state index in [1.54, 1.807) is 0 Å². The fourth-order valence-corrected chi connectivity index (χ4v) is 2.73. The maximum absolute atomic E-state index is 12.1. The van der Waals surface area contributed by atoms with Gasteiger partial charge in [-0.2, -0.15) is 5.10 Å². The second-order valence-electron chi connectivity index (χ2n) is 5.37. The Morgan fingerprint density at radius 3 is 3.05 bits per heavy atom. The number of fused-ring (bicyclic) bond motifs is 1. The van der Waals surface area contributed by atoms with Crippen LogP contribution in [0.5, 0.6) is 0 Å². The third-order valence-corrected chi connectivity index (χ3v) is 4.03. The number of carbonyl (C=O) groups is 1. The van der Waals surface area contributed by atoms with Crippen LogP contribution in [0.4, 0.5) is 0 Å². The minimum Gasteiger partial charge on any atom is -0.356 e. The molecule has 4 heteroatoms. The van der Waals surface area contributed by atoms with Crippen molar-refractivity contribution in [2.24, 2.45) is 0 Å². The highest BCUT2D eigenvalue weighted by molar-refractivity contribution is 5.86. The Balaban J connectivity index is 1.44. The molecule has 1 unspecified atom stereocenters. The Labute approximate surface area is 118 Å². The van der Waals surface area contributed by atoms with Crippen LogP contribution in [0.15, 0.2) is 30.5 Å². The van der Waals surface area contributed by atoms with Crippen molar-refractivity contribution >= 4 is 5.91 Å². The predicted octanol–water partition coefficient (Wildman–Crippen LogP) is 2.11. The Kier molecular flexibility index (Phi) is 3.54. The lowest BCUT2D eigenvalue weighted by atomic mass is 9.77. The van der Waals surface area contributed by atoms with Gasteiger partial charge >= 0.3 is 0 Å². The molecule has 1 aliphatic carbocycles. The van der Waals surface area contributed by atoms with E-state index < -0.39 is 0 Å². The first-order valence-electron chi connectivity index (χ1n) is 7.10. The summed E-state index contributed by atoms with van der Waals surface area (Å²) in [5.41, 5.74) is 4.84. The molecule has 1 atom stereocenters. The van der Waals surface area contributed by atoms with Crippen LogP contribution < -0.4 is 5.32 Å². The maximum atomic E-state index is 12.1. The van der Waals surface area contributed by atoms with E-state index in [0.717, 1.165) is 31.5 Å². The zero-order valence-electron chi connectivity index (χ0n) is 11.6. The van der Waals surface area contributed by atoms with Gasteiger partial charge in [0.2, 0.25) is 5.91 Å². The standard InChI is InChI=1S/C16H19N3O/c1-11-13(10-18-19-11)6-4-8-17-16(20)15-9-12-5-2-3-7-14(12)15/h2-3,5,7,10,15H,4,6,8-9H2,1H3,(H,17,20)(H,18,19). The van der Waals surface area contributed by atoms with E-state index in [-0.39, 0.29) is 11.8 Å². The van der Waals surface area contributed by atoms with Gasteiger partial charge in [-0.1, -0.05) is 24.3 Å². The number of aryl methyl sites for hydroxylation is 2. The number of aromatic nitrogens is 2. The van der Waals surface area contributed by atoms with Gasteiger partial charge in [0, 0.05) is 12.2 Å². The largest absolute Gasteiger partial charge is 0.356 e. The molecular weight excluding hydrogens is 250 g/mol. The number of nitrogens with zero attached hydrogens (tertiary/aromatic N) is 1. The molecule has 2 aromatic rings. The number of amides is 1. The van der Waals surface area contributed by atoms with Crippen LogP contribution in [0.1, 0.15) is 34.7 Å². The van der Waals surface area contributed by atoms with Gasteiger partial charge in [0.05, 0.1) is 12.1 Å². The Morgan fingerprint density at radius 2 is 2.30 bits per heavy atom. The van der Waals surface area contributed by atoms with Gasteiger partial charge in [-0.15, -0.1) is 0 Å². The van der Waals surface area contributed by atoms with Gasteiger partial charge < -0.3 is 5.32 Å². The van der Waals surface area contributed by atoms with E-state index in [0.29, 0.717) is 0 Å². The van der Waals surface area contributed by atoms with Gasteiger partial charge in [-0.3, -0.25) is 9.89 Å². The zero-order valence-corrected chi connectivity index (χ0v) is 11.6. The molecule has 3 rings (SSSR count). The highest BCUT2D eigenvalue weighted by atomic mass is 16.1. The van der Waals surface area contributed by atoms with Crippen molar-refractivity contribution in [3.8, 4) is 0 Å². The van der Waals surface area contributed by atoms with Crippen molar-refractivity contribution < 1.29 is 4.79 Å². The second-order valence-corrected chi connectivity index (χ2v) is 5.37. The highest BCUT2D eigenvalue weighted by Crippen LogP contribution is 2.34. The molecule has 0 fully saturated rings. The molecule has 0 radical (unpaired) electrons. The first-order chi connectivity index (χ1) is 9.75. The first-order valence-corrected chi connectivity index (χ1v) is 7.10. The van der Waals surface area contributed by atoms with Crippen molar-refractivity contribution in [2.45, 2.75) is 32.1 Å². The van der Waals surface area contributed by atoms with Crippen molar-refractivity contribution in [2.75, 3.05) is 6.54 Å². The molecule has 1 aromatic heterocycles. The fourth-order valence-electron chi connectivity index (χ4n) is 2.73. The van der Waals surface area contributed by atoms with Crippen LogP contribution >= 0.6 is 0 Å². The van der Waals surface area contributed by atoms with Crippen molar-refractivity contribution in [1.29, 1.82) is 0 Å². The topological polar surface area (TPSA) is 57.8 Å². The average molecular weight is 269 g/mol. The molecule has 1 aromatic carbocycles. The lowest BCUT2D eigenvalue weighted by Crippen LogP contribution is -2.36. The van der Waals surface area contributed by atoms with Gasteiger partial charge in [-0.05, 0) is 42.9 Å². The average Bonchev–Trinajstić information content (AvgIpc) is 2.82. The maximum Gasteiger partial charge on any atom is 0.227 e. The zero-order chi connectivity index (χ0) is 13.9. The summed E-state index contributed by atoms with van der Waals surface area (Å²) in [7, 11) is 0. The van der Waals surface area contributed by atoms with Gasteiger partial charge in [-0.25, -0.2) is 0 Å². The monoisotopic (exact) mass is 269 g/mol. The van der Waals surface area contributed by atoms with Crippen LogP contribution in [-0.4, -0.2) is 22.6 Å². The Morgan fingerprint density at radius 1 is 1.45 bits per heavy atom. The number of aromatic amines is 1. The van der Waals surface area contributed by atoms with E-state index in [4.69, 9.17) is 0 Å². The molecule has 2 N–H and O–H groups in total. The third kappa shape index (κ3) is 2.46. The van der Waals surface area contributed by atoms with Crippen LogP contribution in [0.3, 0.4) is 0 Å². The smallest absolute Gasteiger partial charge is 0.227 e. The molecule has 104 valence electrons. The number of H-pyrrole nitrogens is 1. The summed E-state index contributed by atoms with van der Waals surface area (Å²) in [6, 6.07) is 8.18. The van der Waals surface area contributed by atoms with Crippen LogP contribution in [0.25, 0.3) is 0 Å². The molecule has 0 saturated carbocycles. The SMILES string of the molecule is Cc1[nH]ncc1CCCNC(=O)C1Cc2ccccc21. The molecule has 0 saturated heterocycles. The summed E-state index contributed by atoms with van der Waals surface area (Å²) in [6.07, 6.45) is 4.63. The van der Waals surface area contributed by atoms with Gasteiger partial charge in [0.15, 0.2) is 0 Å². The van der Waals surface area contributed by atoms with Gasteiger partial charge in [0.1, 0.15) is 0 Å². The third-order valence-electron chi connectivity index (χ3n) is 4.03. The summed E-state index contributed by atoms with van der Waals surface area (Å²) in [4.78, 5) is 12.1. The van der Waals surface area contributed by atoms with E-state index in [9.17, 15) is 4.79 Å². The Hall–Kier alpha value is -2.10. The first kappa shape index (κ1) is 12.9. The van der Waals surface area contributed by atoms with E-state index in [2.05, 4.69) is 27.6 Å². The lowest BCUT2D eigenvalue weighted by Gasteiger charge is -2.28. The van der Waals surface area contributed by atoms with Crippen molar-refractivity contribution in [3.63, 3.8) is 0 Å². The lowest BCUT2D eigenvalue weighted by molar-refractivity contribution is -0.123. The number of hydrogen-bond donors (Lipinski definition) is 2. The molecule has 0 bridgehead atoms. The second kappa shape index (κ2) is 5.49. The minimum absolute atomic E-state index is 0.0573. The fraction of sp³-hybridized carbons (Fsp3) is 0.375. The summed E-state index contributed by atoms with van der Waals surface area (Å²) in [5.74, 6) is 0.217. The summed E-state index contributed by atoms with van der Waals surface area (Å²) >= 11 is 0. The molecule has 4 nitrogen and oxygen atoms in total. The number of rotatable bonds is 5. The number of benzene rings is 1. The summed E-state index contributed by atoms with van der Waals surface area (Å²) in [6.45, 7) is 2.74. The molecule has 0 spiro atoms. The summed E-state index contributed by atoms with van der Waals surface area (Å²) < 4.78 is 0. The number of nitrogens with one attached hydrogen (secondary N) is 2. The molecule has 1 amide bonds. The van der Waals surface area contributed by atoms with Crippen molar-refractivity contribution in [3.05, 3.63) is 52.8 Å².